The first-order valence-corrected chi connectivity index (χ1v) is 9.80. The maximum atomic E-state index is 12.7. The number of aryl methyl sites for hydroxylation is 1. The number of para-hydroxylation sites is 2. The van der Waals surface area contributed by atoms with E-state index >= 15 is 0 Å². The van der Waals surface area contributed by atoms with E-state index in [0.29, 0.717) is 24.7 Å². The van der Waals surface area contributed by atoms with Crippen molar-refractivity contribution < 1.29 is 9.53 Å². The molecular formula is C22H24N4O3. The summed E-state index contributed by atoms with van der Waals surface area (Å²) in [4.78, 5) is 27.2. The highest BCUT2D eigenvalue weighted by atomic mass is 16.5. The molecular weight excluding hydrogens is 368 g/mol. The Morgan fingerprint density at radius 3 is 2.52 bits per heavy atom. The van der Waals surface area contributed by atoms with Crippen LogP contribution in [0.25, 0.3) is 5.69 Å². The molecule has 1 amide bonds. The van der Waals surface area contributed by atoms with Gasteiger partial charge in [0, 0.05) is 26.1 Å². The second-order valence-electron chi connectivity index (χ2n) is 7.22. The Morgan fingerprint density at radius 2 is 1.79 bits per heavy atom. The van der Waals surface area contributed by atoms with E-state index in [1.807, 2.05) is 65.6 Å². The van der Waals surface area contributed by atoms with Crippen molar-refractivity contribution in [2.75, 3.05) is 19.7 Å². The molecule has 1 aliphatic rings. The van der Waals surface area contributed by atoms with E-state index in [2.05, 4.69) is 5.10 Å². The first-order chi connectivity index (χ1) is 14.1. The molecule has 1 atom stereocenters. The number of benzene rings is 2. The maximum Gasteiger partial charge on any atom is 0.350 e. The first-order valence-electron chi connectivity index (χ1n) is 9.80. The molecule has 1 aliphatic heterocycles. The van der Waals surface area contributed by atoms with Gasteiger partial charge in [-0.25, -0.2) is 14.0 Å². The molecule has 29 heavy (non-hydrogen) atoms. The molecule has 0 saturated carbocycles. The minimum atomic E-state index is -0.179. The highest BCUT2D eigenvalue weighted by Gasteiger charge is 2.29. The highest BCUT2D eigenvalue weighted by molar-refractivity contribution is 5.78. The fourth-order valence-electron chi connectivity index (χ4n) is 3.74. The quantitative estimate of drug-likeness (QED) is 0.668. The van der Waals surface area contributed by atoms with Crippen molar-refractivity contribution in [3.63, 3.8) is 0 Å². The predicted octanol–water partition coefficient (Wildman–Crippen LogP) is 2.36. The van der Waals surface area contributed by atoms with Crippen molar-refractivity contribution in [2.24, 2.45) is 7.05 Å². The van der Waals surface area contributed by atoms with Crippen LogP contribution in [0.15, 0.2) is 65.5 Å². The van der Waals surface area contributed by atoms with Crippen LogP contribution in [0.2, 0.25) is 0 Å². The Labute approximate surface area is 169 Å². The number of aromatic nitrogens is 3. The number of amides is 1. The summed E-state index contributed by atoms with van der Waals surface area (Å²) >= 11 is 0. The molecule has 0 aliphatic carbocycles. The fraction of sp³-hybridized carbons (Fsp3) is 0.318. The number of rotatable bonds is 5. The summed E-state index contributed by atoms with van der Waals surface area (Å²) in [7, 11) is 1.66. The number of carbonyl (C=O) groups is 1. The number of hydrogen-bond donors (Lipinski definition) is 0. The number of carbonyl (C=O) groups excluding carboxylic acids is 1. The van der Waals surface area contributed by atoms with Crippen molar-refractivity contribution in [1.82, 2.24) is 19.2 Å². The summed E-state index contributed by atoms with van der Waals surface area (Å²) in [6.45, 7) is 1.22. The average Bonchev–Trinajstić information content (AvgIpc) is 3.08. The van der Waals surface area contributed by atoms with Crippen LogP contribution >= 0.6 is 0 Å². The molecule has 1 fully saturated rings. The van der Waals surface area contributed by atoms with Gasteiger partial charge in [0.05, 0.1) is 5.69 Å². The van der Waals surface area contributed by atoms with Gasteiger partial charge in [0.2, 0.25) is 0 Å². The Morgan fingerprint density at radius 1 is 1.10 bits per heavy atom. The first kappa shape index (κ1) is 19.0. The molecule has 7 heteroatoms. The standard InChI is InChI=1S/C22H24N4O3/c1-24-22(28)26(18-10-4-2-5-11-18)21(23-24)17-9-8-14-25(15-17)20(27)16-29-19-12-6-3-7-13-19/h2-7,10-13,17H,8-9,14-16H2,1H3/t17-/m0/s1. The van der Waals surface area contributed by atoms with Crippen molar-refractivity contribution >= 4 is 5.91 Å². The van der Waals surface area contributed by atoms with Gasteiger partial charge in [-0.1, -0.05) is 36.4 Å². The number of nitrogens with zero attached hydrogens (tertiary/aromatic N) is 4. The zero-order chi connectivity index (χ0) is 20.2. The fourth-order valence-corrected chi connectivity index (χ4v) is 3.74. The molecule has 0 unspecified atom stereocenters. The summed E-state index contributed by atoms with van der Waals surface area (Å²) < 4.78 is 8.63. The Kier molecular flexibility index (Phi) is 5.46. The van der Waals surface area contributed by atoms with Crippen molar-refractivity contribution in [3.8, 4) is 11.4 Å². The van der Waals surface area contributed by atoms with E-state index in [4.69, 9.17) is 4.74 Å². The molecule has 1 saturated heterocycles. The largest absolute Gasteiger partial charge is 0.484 e. The topological polar surface area (TPSA) is 69.4 Å². The lowest BCUT2D eigenvalue weighted by atomic mass is 9.97. The van der Waals surface area contributed by atoms with Gasteiger partial charge >= 0.3 is 5.69 Å². The lowest BCUT2D eigenvalue weighted by Crippen LogP contribution is -2.42. The van der Waals surface area contributed by atoms with Crippen LogP contribution in [-0.2, 0) is 11.8 Å². The van der Waals surface area contributed by atoms with Gasteiger partial charge in [-0.3, -0.25) is 4.79 Å². The van der Waals surface area contributed by atoms with Gasteiger partial charge in [0.15, 0.2) is 6.61 Å². The third kappa shape index (κ3) is 4.08. The smallest absolute Gasteiger partial charge is 0.350 e. The van der Waals surface area contributed by atoms with Gasteiger partial charge < -0.3 is 9.64 Å². The second kappa shape index (κ2) is 8.34. The van der Waals surface area contributed by atoms with Crippen LogP contribution in [0.3, 0.4) is 0 Å². The molecule has 0 spiro atoms. The molecule has 1 aromatic heterocycles. The summed E-state index contributed by atoms with van der Waals surface area (Å²) in [5.74, 6) is 1.32. The summed E-state index contributed by atoms with van der Waals surface area (Å²) in [5, 5.41) is 4.50. The number of likely N-dealkylation sites (tertiary alicyclic amines) is 1. The van der Waals surface area contributed by atoms with Crippen molar-refractivity contribution in [1.29, 1.82) is 0 Å². The molecule has 4 rings (SSSR count). The maximum absolute atomic E-state index is 12.7. The molecule has 0 radical (unpaired) electrons. The third-order valence-electron chi connectivity index (χ3n) is 5.21. The zero-order valence-electron chi connectivity index (χ0n) is 16.4. The molecule has 0 N–H and O–H groups in total. The number of hydrogen-bond acceptors (Lipinski definition) is 4. The minimum Gasteiger partial charge on any atom is -0.484 e. The summed E-state index contributed by atoms with van der Waals surface area (Å²) in [6, 6.07) is 18.8. The van der Waals surface area contributed by atoms with E-state index in [-0.39, 0.29) is 24.1 Å². The Balaban J connectivity index is 1.51. The van der Waals surface area contributed by atoms with E-state index < -0.39 is 0 Å². The van der Waals surface area contributed by atoms with Crippen molar-refractivity contribution in [2.45, 2.75) is 18.8 Å². The monoisotopic (exact) mass is 392 g/mol. The highest BCUT2D eigenvalue weighted by Crippen LogP contribution is 2.26. The number of ether oxygens (including phenoxy) is 1. The second-order valence-corrected chi connectivity index (χ2v) is 7.22. The summed E-state index contributed by atoms with van der Waals surface area (Å²) in [6.07, 6.45) is 1.74. The number of piperidine rings is 1. The minimum absolute atomic E-state index is 0.00136. The van der Waals surface area contributed by atoms with Crippen molar-refractivity contribution in [3.05, 3.63) is 77.0 Å². The van der Waals surface area contributed by atoms with Crippen LogP contribution in [0.5, 0.6) is 5.75 Å². The predicted molar refractivity (Wildman–Crippen MR) is 109 cm³/mol. The normalized spacial score (nSPS) is 16.6. The van der Waals surface area contributed by atoms with Gasteiger partial charge in [-0.15, -0.1) is 0 Å². The van der Waals surface area contributed by atoms with Gasteiger partial charge in [-0.2, -0.15) is 5.10 Å². The SMILES string of the molecule is Cn1nc([C@H]2CCCN(C(=O)COc3ccccc3)C2)n(-c2ccccc2)c1=O. The molecule has 3 aromatic rings. The van der Waals surface area contributed by atoms with Gasteiger partial charge in [0.25, 0.3) is 5.91 Å². The van der Waals surface area contributed by atoms with E-state index in [1.54, 1.807) is 11.6 Å². The third-order valence-corrected chi connectivity index (χ3v) is 5.21. The van der Waals surface area contributed by atoms with Crippen LogP contribution in [0.1, 0.15) is 24.6 Å². The Hall–Kier alpha value is -3.35. The van der Waals surface area contributed by atoms with Crippen LogP contribution in [-0.4, -0.2) is 44.9 Å². The lowest BCUT2D eigenvalue weighted by molar-refractivity contribution is -0.134. The van der Waals surface area contributed by atoms with E-state index in [1.165, 1.54) is 4.68 Å². The summed E-state index contributed by atoms with van der Waals surface area (Å²) in [5.41, 5.74) is 0.610. The molecule has 150 valence electrons. The zero-order valence-corrected chi connectivity index (χ0v) is 16.4. The molecule has 2 aromatic carbocycles. The van der Waals surface area contributed by atoms with Crippen LogP contribution in [0, 0.1) is 0 Å². The van der Waals surface area contributed by atoms with E-state index in [9.17, 15) is 9.59 Å². The van der Waals surface area contributed by atoms with Gasteiger partial charge in [-0.05, 0) is 37.1 Å². The van der Waals surface area contributed by atoms with Crippen LogP contribution < -0.4 is 10.4 Å². The lowest BCUT2D eigenvalue weighted by Gasteiger charge is -2.32. The molecule has 2 heterocycles. The molecule has 0 bridgehead atoms. The molecule has 7 nitrogen and oxygen atoms in total. The average molecular weight is 392 g/mol. The van der Waals surface area contributed by atoms with E-state index in [0.717, 1.165) is 18.5 Å². The Bertz CT molecular complexity index is 1030. The van der Waals surface area contributed by atoms with Gasteiger partial charge in [0.1, 0.15) is 11.6 Å². The van der Waals surface area contributed by atoms with Crippen LogP contribution in [0.4, 0.5) is 0 Å².